The first-order chi connectivity index (χ1) is 13.2. The molecule has 2 aromatic rings. The number of benzene rings is 1. The van der Waals surface area contributed by atoms with Crippen LogP contribution in [0.5, 0.6) is 0 Å². The summed E-state index contributed by atoms with van der Waals surface area (Å²) in [4.78, 5) is 9.44. The number of ether oxygens (including phenoxy) is 1. The Bertz CT molecular complexity index is 962. The maximum absolute atomic E-state index is 10.1. The molecule has 1 aliphatic heterocycles. The van der Waals surface area contributed by atoms with Crippen LogP contribution in [-0.4, -0.2) is 33.1 Å². The first-order valence-corrected chi connectivity index (χ1v) is 9.55. The number of nitrogens with one attached hydrogen (secondary N) is 3. The van der Waals surface area contributed by atoms with Crippen molar-refractivity contribution >= 4 is 34.1 Å². The number of aliphatic hydroxyl groups is 1. The van der Waals surface area contributed by atoms with Gasteiger partial charge in [-0.1, -0.05) is 36.0 Å². The molecule has 7 nitrogen and oxygen atoms in total. The molecule has 0 bridgehead atoms. The van der Waals surface area contributed by atoms with Crippen molar-refractivity contribution in [3.63, 3.8) is 0 Å². The van der Waals surface area contributed by atoms with E-state index in [2.05, 4.69) is 15.3 Å². The Hall–Kier alpha value is -2.71. The monoisotopic (exact) mass is 397 g/mol. The summed E-state index contributed by atoms with van der Waals surface area (Å²) in [5, 5.41) is 29.9. The van der Waals surface area contributed by atoms with E-state index in [-0.39, 0.29) is 5.90 Å². The maximum Gasteiger partial charge on any atom is 0.209 e. The summed E-state index contributed by atoms with van der Waals surface area (Å²) in [5.74, 6) is 0.672. The second-order valence-corrected chi connectivity index (χ2v) is 7.99. The molecule has 1 aliphatic rings. The summed E-state index contributed by atoms with van der Waals surface area (Å²) in [6, 6.07) is 7.75. The van der Waals surface area contributed by atoms with Crippen molar-refractivity contribution in [2.75, 3.05) is 12.4 Å². The highest BCUT2D eigenvalue weighted by atomic mass is 32.2. The zero-order valence-electron chi connectivity index (χ0n) is 16.3. The van der Waals surface area contributed by atoms with Gasteiger partial charge in [0.15, 0.2) is 0 Å². The molecule has 0 unspecified atom stereocenters. The molecule has 0 atom stereocenters. The zero-order chi connectivity index (χ0) is 20.5. The van der Waals surface area contributed by atoms with Crippen LogP contribution < -0.4 is 5.32 Å². The van der Waals surface area contributed by atoms with Crippen LogP contribution in [-0.2, 0) is 16.9 Å². The fourth-order valence-corrected chi connectivity index (χ4v) is 3.89. The van der Waals surface area contributed by atoms with Crippen LogP contribution in [0.1, 0.15) is 37.6 Å². The second-order valence-electron chi connectivity index (χ2n) is 6.97. The number of rotatable bonds is 5. The number of methoxy groups -OCH3 is 1. The van der Waals surface area contributed by atoms with E-state index < -0.39 is 5.60 Å². The topological polar surface area (TPSA) is 115 Å². The predicted octanol–water partition coefficient (Wildman–Crippen LogP) is 3.80. The Morgan fingerprint density at radius 3 is 2.54 bits per heavy atom. The molecule has 8 heteroatoms. The third kappa shape index (κ3) is 3.93. The van der Waals surface area contributed by atoms with E-state index in [0.29, 0.717) is 34.2 Å². The summed E-state index contributed by atoms with van der Waals surface area (Å²) >= 11 is 1.28. The van der Waals surface area contributed by atoms with Gasteiger partial charge in [-0.05, 0) is 31.9 Å². The van der Waals surface area contributed by atoms with Gasteiger partial charge in [0, 0.05) is 17.7 Å². The Kier molecular flexibility index (Phi) is 5.53. The van der Waals surface area contributed by atoms with Gasteiger partial charge in [0.1, 0.15) is 17.2 Å². The van der Waals surface area contributed by atoms with E-state index in [9.17, 15) is 5.11 Å². The van der Waals surface area contributed by atoms with E-state index in [1.807, 2.05) is 24.3 Å². The van der Waals surface area contributed by atoms with Crippen molar-refractivity contribution in [2.24, 2.45) is 0 Å². The standard InChI is InChI=1S/C20H23N5O2S/c1-11(17(21)27-4)14-15-16(28-18(14)22)19(25-10-24-15)23-9-12-5-7-13(8-6-12)20(2,3)26/h5-8,10,21-22,26H,9H2,1-4H3,(H,23,24,25)/b14-11-,21-17?,22-18?. The lowest BCUT2D eigenvalue weighted by atomic mass is 9.97. The van der Waals surface area contributed by atoms with Crippen LogP contribution in [0, 0.1) is 10.8 Å². The molecule has 2 heterocycles. The van der Waals surface area contributed by atoms with Crippen molar-refractivity contribution in [1.82, 2.24) is 9.97 Å². The highest BCUT2D eigenvalue weighted by Gasteiger charge is 2.30. The Balaban J connectivity index is 1.84. The number of anilines is 1. The predicted molar refractivity (Wildman–Crippen MR) is 112 cm³/mol. The molecule has 3 rings (SSSR count). The first-order valence-electron chi connectivity index (χ1n) is 8.74. The number of thioether (sulfide) groups is 1. The highest BCUT2D eigenvalue weighted by Crippen LogP contribution is 2.44. The minimum absolute atomic E-state index is 0.0215. The second kappa shape index (κ2) is 7.73. The Labute approximate surface area is 168 Å². The molecule has 0 fully saturated rings. The molecule has 0 saturated heterocycles. The lowest BCUT2D eigenvalue weighted by Gasteiger charge is -2.18. The fourth-order valence-electron chi connectivity index (χ4n) is 2.87. The molecular weight excluding hydrogens is 374 g/mol. The minimum atomic E-state index is -0.868. The Morgan fingerprint density at radius 1 is 1.25 bits per heavy atom. The molecule has 0 aliphatic carbocycles. The van der Waals surface area contributed by atoms with Crippen LogP contribution in [0.3, 0.4) is 0 Å². The number of hydrogen-bond donors (Lipinski definition) is 4. The lowest BCUT2D eigenvalue weighted by Crippen LogP contribution is -2.15. The average Bonchev–Trinajstić information content (AvgIpc) is 3.01. The summed E-state index contributed by atoms with van der Waals surface area (Å²) in [6.07, 6.45) is 1.46. The van der Waals surface area contributed by atoms with Crippen molar-refractivity contribution in [1.29, 1.82) is 10.8 Å². The fraction of sp³-hybridized carbons (Fsp3) is 0.300. The average molecular weight is 398 g/mol. The number of hydrogen-bond acceptors (Lipinski definition) is 8. The lowest BCUT2D eigenvalue weighted by molar-refractivity contribution is 0.0786. The van der Waals surface area contributed by atoms with E-state index in [0.717, 1.165) is 16.0 Å². The molecule has 1 aromatic carbocycles. The first kappa shape index (κ1) is 20.0. The SMILES string of the molecule is COC(=N)/C(C)=C1\C(=N)Sc2c(NCc3ccc(C(C)(C)O)cc3)ncnc21. The molecule has 0 spiro atoms. The summed E-state index contributed by atoms with van der Waals surface area (Å²) in [7, 11) is 1.44. The Morgan fingerprint density at radius 2 is 1.93 bits per heavy atom. The normalized spacial score (nSPS) is 15.2. The van der Waals surface area contributed by atoms with Gasteiger partial charge in [-0.2, -0.15) is 0 Å². The molecule has 0 radical (unpaired) electrons. The van der Waals surface area contributed by atoms with Gasteiger partial charge in [0.05, 0.1) is 23.3 Å². The van der Waals surface area contributed by atoms with Crippen LogP contribution in [0.25, 0.3) is 5.57 Å². The van der Waals surface area contributed by atoms with E-state index in [4.69, 9.17) is 15.6 Å². The van der Waals surface area contributed by atoms with Gasteiger partial charge in [-0.25, -0.2) is 9.97 Å². The number of nitrogens with zero attached hydrogens (tertiary/aromatic N) is 2. The number of fused-ring (bicyclic) bond motifs is 1. The molecule has 0 saturated carbocycles. The third-order valence-corrected chi connectivity index (χ3v) is 5.51. The van der Waals surface area contributed by atoms with Gasteiger partial charge < -0.3 is 15.2 Å². The molecule has 28 heavy (non-hydrogen) atoms. The third-order valence-electron chi connectivity index (χ3n) is 4.51. The van der Waals surface area contributed by atoms with Crippen molar-refractivity contribution < 1.29 is 9.84 Å². The highest BCUT2D eigenvalue weighted by molar-refractivity contribution is 8.15. The van der Waals surface area contributed by atoms with Gasteiger partial charge >= 0.3 is 0 Å². The molecule has 146 valence electrons. The van der Waals surface area contributed by atoms with Crippen molar-refractivity contribution in [3.8, 4) is 0 Å². The van der Waals surface area contributed by atoms with E-state index in [1.165, 1.54) is 25.2 Å². The quantitative estimate of drug-likeness (QED) is 0.451. The minimum Gasteiger partial charge on any atom is -0.481 e. The van der Waals surface area contributed by atoms with Gasteiger partial charge in [-0.15, -0.1) is 0 Å². The van der Waals surface area contributed by atoms with Crippen LogP contribution >= 0.6 is 11.8 Å². The molecular formula is C20H23N5O2S. The van der Waals surface area contributed by atoms with Gasteiger partial charge in [0.2, 0.25) is 5.90 Å². The van der Waals surface area contributed by atoms with E-state index >= 15 is 0 Å². The molecule has 1 aromatic heterocycles. The number of aromatic nitrogens is 2. The van der Waals surface area contributed by atoms with Gasteiger partial charge in [-0.3, -0.25) is 10.8 Å². The summed E-state index contributed by atoms with van der Waals surface area (Å²) in [6.45, 7) is 5.82. The van der Waals surface area contributed by atoms with Crippen LogP contribution in [0.2, 0.25) is 0 Å². The summed E-state index contributed by atoms with van der Waals surface area (Å²) < 4.78 is 5.00. The van der Waals surface area contributed by atoms with E-state index in [1.54, 1.807) is 20.8 Å². The largest absolute Gasteiger partial charge is 0.481 e. The zero-order valence-corrected chi connectivity index (χ0v) is 17.1. The van der Waals surface area contributed by atoms with Crippen molar-refractivity contribution in [3.05, 3.63) is 53.0 Å². The van der Waals surface area contributed by atoms with Crippen LogP contribution in [0.15, 0.2) is 41.1 Å². The van der Waals surface area contributed by atoms with Crippen molar-refractivity contribution in [2.45, 2.75) is 37.8 Å². The van der Waals surface area contributed by atoms with Gasteiger partial charge in [0.25, 0.3) is 0 Å². The summed E-state index contributed by atoms with van der Waals surface area (Å²) in [5.41, 5.74) is 2.86. The molecule has 0 amide bonds. The smallest absolute Gasteiger partial charge is 0.209 e. The maximum atomic E-state index is 10.1. The molecule has 4 N–H and O–H groups in total. The van der Waals surface area contributed by atoms with Crippen LogP contribution in [0.4, 0.5) is 5.82 Å².